The summed E-state index contributed by atoms with van der Waals surface area (Å²) in [5, 5.41) is 0. The number of nitrogens with zero attached hydrogens (tertiary/aromatic N) is 6. The molecule has 2 fully saturated rings. The summed E-state index contributed by atoms with van der Waals surface area (Å²) in [5.74, 6) is 0.786. The molecule has 0 spiro atoms. The van der Waals surface area contributed by atoms with E-state index in [-0.39, 0.29) is 17.9 Å². The van der Waals surface area contributed by atoms with Crippen LogP contribution in [0.5, 0.6) is 0 Å². The van der Waals surface area contributed by atoms with Gasteiger partial charge in [-0.25, -0.2) is 9.97 Å². The summed E-state index contributed by atoms with van der Waals surface area (Å²) in [6.45, 7) is 5.58. The number of likely N-dealkylation sites (tertiary alicyclic amines) is 2. The van der Waals surface area contributed by atoms with E-state index < -0.39 is 0 Å². The predicted molar refractivity (Wildman–Crippen MR) is 121 cm³/mol. The Bertz CT molecular complexity index is 945. The maximum absolute atomic E-state index is 13.0. The maximum atomic E-state index is 13.0. The third-order valence-corrected chi connectivity index (χ3v) is 6.36. The van der Waals surface area contributed by atoms with Gasteiger partial charge in [0.05, 0.1) is 23.0 Å². The van der Waals surface area contributed by atoms with E-state index in [1.807, 2.05) is 42.0 Å². The first kappa shape index (κ1) is 22.3. The van der Waals surface area contributed by atoms with Crippen LogP contribution < -0.4 is 0 Å². The zero-order chi connectivity index (χ0) is 22.5. The Labute approximate surface area is 189 Å². The highest BCUT2D eigenvalue weighted by atomic mass is 16.2. The van der Waals surface area contributed by atoms with E-state index in [0.717, 1.165) is 51.0 Å². The molecule has 0 saturated carbocycles. The molecule has 2 amide bonds. The molecule has 2 aromatic rings. The molecule has 0 N–H and O–H groups in total. The van der Waals surface area contributed by atoms with E-state index in [1.54, 1.807) is 12.4 Å². The lowest BCUT2D eigenvalue weighted by Gasteiger charge is -2.25. The molecule has 0 bridgehead atoms. The highest BCUT2D eigenvalue weighted by Gasteiger charge is 2.32. The van der Waals surface area contributed by atoms with Crippen molar-refractivity contribution in [1.29, 1.82) is 0 Å². The fraction of sp³-hybridized carbons (Fsp3) is 0.542. The summed E-state index contributed by atoms with van der Waals surface area (Å²) < 4.78 is 0. The molecular weight excluding hydrogens is 404 g/mol. The van der Waals surface area contributed by atoms with Crippen LogP contribution in [0.4, 0.5) is 0 Å². The SMILES string of the molecule is Cc1nc([C@H]2CCCN2C(=O)CCN(C)Cc2ccccn2)ncc1C(=O)N1CCCC1. The second-order valence-corrected chi connectivity index (χ2v) is 8.78. The summed E-state index contributed by atoms with van der Waals surface area (Å²) in [7, 11) is 2.01. The lowest BCUT2D eigenvalue weighted by molar-refractivity contribution is -0.132. The molecule has 8 nitrogen and oxygen atoms in total. The lowest BCUT2D eigenvalue weighted by Crippen LogP contribution is -2.34. The fourth-order valence-electron chi connectivity index (χ4n) is 4.56. The van der Waals surface area contributed by atoms with Crippen molar-refractivity contribution in [3.63, 3.8) is 0 Å². The quantitative estimate of drug-likeness (QED) is 0.664. The summed E-state index contributed by atoms with van der Waals surface area (Å²) in [6, 6.07) is 5.76. The monoisotopic (exact) mass is 436 g/mol. The normalized spacial score (nSPS) is 18.5. The van der Waals surface area contributed by atoms with Crippen LogP contribution >= 0.6 is 0 Å². The van der Waals surface area contributed by atoms with Gasteiger partial charge in [0.25, 0.3) is 5.91 Å². The number of hydrogen-bond donors (Lipinski definition) is 0. The molecule has 8 heteroatoms. The number of hydrogen-bond acceptors (Lipinski definition) is 6. The molecule has 2 saturated heterocycles. The van der Waals surface area contributed by atoms with E-state index in [0.29, 0.717) is 36.6 Å². The van der Waals surface area contributed by atoms with Gasteiger partial charge in [-0.05, 0) is 51.8 Å². The highest BCUT2D eigenvalue weighted by molar-refractivity contribution is 5.95. The minimum absolute atomic E-state index is 0.0156. The largest absolute Gasteiger partial charge is 0.339 e. The Balaban J connectivity index is 1.36. The molecule has 32 heavy (non-hydrogen) atoms. The van der Waals surface area contributed by atoms with Crippen molar-refractivity contribution in [1.82, 2.24) is 29.7 Å². The smallest absolute Gasteiger partial charge is 0.257 e. The molecule has 1 atom stereocenters. The van der Waals surface area contributed by atoms with Gasteiger partial charge in [-0.3, -0.25) is 14.6 Å². The molecule has 4 heterocycles. The first-order valence-corrected chi connectivity index (χ1v) is 11.5. The van der Waals surface area contributed by atoms with E-state index in [4.69, 9.17) is 0 Å². The molecular formula is C24H32N6O2. The summed E-state index contributed by atoms with van der Waals surface area (Å²) >= 11 is 0. The Morgan fingerprint density at radius 1 is 1.12 bits per heavy atom. The Hall–Kier alpha value is -2.87. The minimum Gasteiger partial charge on any atom is -0.339 e. The second kappa shape index (κ2) is 10.2. The third-order valence-electron chi connectivity index (χ3n) is 6.36. The predicted octanol–water partition coefficient (Wildman–Crippen LogP) is 2.60. The average molecular weight is 437 g/mol. The van der Waals surface area contributed by atoms with Crippen molar-refractivity contribution in [2.75, 3.05) is 33.2 Å². The first-order valence-electron chi connectivity index (χ1n) is 11.5. The van der Waals surface area contributed by atoms with Crippen molar-refractivity contribution in [3.8, 4) is 0 Å². The van der Waals surface area contributed by atoms with Crippen LogP contribution in [0.15, 0.2) is 30.6 Å². The van der Waals surface area contributed by atoms with Crippen LogP contribution in [-0.2, 0) is 11.3 Å². The molecule has 170 valence electrons. The maximum Gasteiger partial charge on any atom is 0.257 e. The average Bonchev–Trinajstić information content (AvgIpc) is 3.50. The Morgan fingerprint density at radius 3 is 2.66 bits per heavy atom. The molecule has 0 radical (unpaired) electrons. The lowest BCUT2D eigenvalue weighted by atomic mass is 10.1. The topological polar surface area (TPSA) is 82.5 Å². The van der Waals surface area contributed by atoms with Crippen molar-refractivity contribution < 1.29 is 9.59 Å². The Morgan fingerprint density at radius 2 is 1.94 bits per heavy atom. The Kier molecular flexibility index (Phi) is 7.09. The molecule has 4 rings (SSSR count). The second-order valence-electron chi connectivity index (χ2n) is 8.78. The standard InChI is InChI=1S/C24H32N6O2/c1-18-20(24(32)29-12-5-6-13-29)16-26-23(27-18)21-9-7-14-30(21)22(31)10-15-28(2)17-19-8-3-4-11-25-19/h3-4,8,11,16,21H,5-7,9-10,12-15,17H2,1-2H3/t21-/m1/s1. The van der Waals surface area contributed by atoms with Crippen LogP contribution in [0, 0.1) is 6.92 Å². The van der Waals surface area contributed by atoms with Gasteiger partial charge < -0.3 is 14.7 Å². The number of pyridine rings is 1. The van der Waals surface area contributed by atoms with E-state index in [2.05, 4.69) is 19.9 Å². The summed E-state index contributed by atoms with van der Waals surface area (Å²) in [5.41, 5.74) is 2.26. The number of carbonyl (C=O) groups is 2. The molecule has 0 unspecified atom stereocenters. The van der Waals surface area contributed by atoms with Crippen LogP contribution in [0.1, 0.15) is 65.7 Å². The van der Waals surface area contributed by atoms with E-state index in [1.165, 1.54) is 0 Å². The summed E-state index contributed by atoms with van der Waals surface area (Å²) in [4.78, 5) is 45.1. The number of aryl methyl sites for hydroxylation is 1. The van der Waals surface area contributed by atoms with Gasteiger partial charge >= 0.3 is 0 Å². The van der Waals surface area contributed by atoms with Gasteiger partial charge in [0.2, 0.25) is 5.91 Å². The zero-order valence-corrected chi connectivity index (χ0v) is 19.0. The van der Waals surface area contributed by atoms with Crippen molar-refractivity contribution in [3.05, 3.63) is 53.4 Å². The van der Waals surface area contributed by atoms with E-state index in [9.17, 15) is 9.59 Å². The van der Waals surface area contributed by atoms with Crippen LogP contribution in [0.2, 0.25) is 0 Å². The van der Waals surface area contributed by atoms with Crippen molar-refractivity contribution in [2.45, 2.75) is 51.6 Å². The van der Waals surface area contributed by atoms with Gasteiger partial charge in [-0.15, -0.1) is 0 Å². The first-order chi connectivity index (χ1) is 15.5. The molecule has 2 aromatic heterocycles. The number of aromatic nitrogens is 3. The molecule has 2 aliphatic rings. The van der Waals surface area contributed by atoms with E-state index >= 15 is 0 Å². The number of rotatable bonds is 7. The zero-order valence-electron chi connectivity index (χ0n) is 19.0. The minimum atomic E-state index is -0.113. The fourth-order valence-corrected chi connectivity index (χ4v) is 4.56. The van der Waals surface area contributed by atoms with Crippen molar-refractivity contribution >= 4 is 11.8 Å². The van der Waals surface area contributed by atoms with Gasteiger partial charge in [0, 0.05) is 51.5 Å². The molecule has 0 aliphatic carbocycles. The summed E-state index contributed by atoms with van der Waals surface area (Å²) in [6.07, 6.45) is 7.80. The van der Waals surface area contributed by atoms with Crippen LogP contribution in [0.25, 0.3) is 0 Å². The van der Waals surface area contributed by atoms with Crippen LogP contribution in [0.3, 0.4) is 0 Å². The molecule has 0 aromatic carbocycles. The van der Waals surface area contributed by atoms with Gasteiger partial charge in [-0.2, -0.15) is 0 Å². The van der Waals surface area contributed by atoms with Gasteiger partial charge in [0.15, 0.2) is 5.82 Å². The number of amides is 2. The van der Waals surface area contributed by atoms with Gasteiger partial charge in [-0.1, -0.05) is 6.07 Å². The van der Waals surface area contributed by atoms with Crippen LogP contribution in [-0.4, -0.2) is 74.7 Å². The highest BCUT2D eigenvalue weighted by Crippen LogP contribution is 2.31. The number of carbonyl (C=O) groups excluding carboxylic acids is 2. The third kappa shape index (κ3) is 5.12. The molecule has 2 aliphatic heterocycles. The van der Waals surface area contributed by atoms with Crippen molar-refractivity contribution in [2.24, 2.45) is 0 Å². The van der Waals surface area contributed by atoms with Gasteiger partial charge in [0.1, 0.15) is 0 Å².